The predicted molar refractivity (Wildman–Crippen MR) is 111 cm³/mol. The minimum Gasteiger partial charge on any atom is -0.348 e. The van der Waals surface area contributed by atoms with Crippen molar-refractivity contribution in [2.45, 2.75) is 38.6 Å². The molecule has 0 unspecified atom stereocenters. The third-order valence-electron chi connectivity index (χ3n) is 4.94. The van der Waals surface area contributed by atoms with E-state index < -0.39 is 15.7 Å². The van der Waals surface area contributed by atoms with E-state index in [1.54, 1.807) is 30.8 Å². The predicted octanol–water partition coefficient (Wildman–Crippen LogP) is 1.99. The highest BCUT2D eigenvalue weighted by molar-refractivity contribution is 7.91. The molecular weight excluding hydrogens is 392 g/mol. The van der Waals surface area contributed by atoms with Crippen LogP contribution in [0.25, 0.3) is 11.0 Å². The van der Waals surface area contributed by atoms with Gasteiger partial charge in [-0.05, 0) is 43.5 Å². The van der Waals surface area contributed by atoms with Crippen molar-refractivity contribution >= 4 is 26.8 Å². The average molecular weight is 417 g/mol. The van der Waals surface area contributed by atoms with Crippen molar-refractivity contribution in [3.05, 3.63) is 57.0 Å². The van der Waals surface area contributed by atoms with Crippen LogP contribution < -0.4 is 10.9 Å². The Labute approximate surface area is 168 Å². The third kappa shape index (κ3) is 3.82. The number of pyridine rings is 1. The molecule has 0 radical (unpaired) electrons. The molecule has 3 rings (SSSR count). The van der Waals surface area contributed by atoms with Crippen molar-refractivity contribution in [1.29, 1.82) is 0 Å². The zero-order chi connectivity index (χ0) is 21.3. The lowest BCUT2D eigenvalue weighted by Gasteiger charge is -2.13. The number of fused-ring (bicyclic) bond motifs is 1. The van der Waals surface area contributed by atoms with E-state index in [9.17, 15) is 18.0 Å². The fourth-order valence-corrected chi connectivity index (χ4v) is 5.02. The Bertz CT molecular complexity index is 1260. The van der Waals surface area contributed by atoms with Gasteiger partial charge in [-0.3, -0.25) is 19.4 Å². The lowest BCUT2D eigenvalue weighted by Crippen LogP contribution is -2.26. The smallest absolute Gasteiger partial charge is 0.273 e. The van der Waals surface area contributed by atoms with Crippen LogP contribution in [0.15, 0.2) is 34.0 Å². The summed E-state index contributed by atoms with van der Waals surface area (Å²) < 4.78 is 26.6. The number of nitrogens with one attached hydrogen (secondary N) is 2. The first-order valence-electron chi connectivity index (χ1n) is 9.32. The van der Waals surface area contributed by atoms with Crippen LogP contribution in [0.4, 0.5) is 0 Å². The second kappa shape index (κ2) is 7.82. The van der Waals surface area contributed by atoms with E-state index in [1.165, 1.54) is 12.1 Å². The van der Waals surface area contributed by atoms with E-state index in [2.05, 4.69) is 15.4 Å². The van der Waals surface area contributed by atoms with E-state index in [-0.39, 0.29) is 28.3 Å². The summed E-state index contributed by atoms with van der Waals surface area (Å²) in [5.74, 6) is -0.506. The fraction of sp³-hybridized carbons (Fsp3) is 0.350. The summed E-state index contributed by atoms with van der Waals surface area (Å²) in [4.78, 5) is 29.5. The third-order valence-corrected chi connectivity index (χ3v) is 6.91. The van der Waals surface area contributed by atoms with E-state index >= 15 is 0 Å². The average Bonchev–Trinajstić information content (AvgIpc) is 2.94. The van der Waals surface area contributed by atoms with Gasteiger partial charge >= 0.3 is 0 Å². The van der Waals surface area contributed by atoms with Gasteiger partial charge in [-0.15, -0.1) is 0 Å². The van der Waals surface area contributed by atoms with Crippen LogP contribution in [0.1, 0.15) is 40.5 Å². The van der Waals surface area contributed by atoms with Gasteiger partial charge < -0.3 is 5.32 Å². The Balaban J connectivity index is 1.93. The summed E-state index contributed by atoms with van der Waals surface area (Å²) in [7, 11) is -1.83. The van der Waals surface area contributed by atoms with E-state index in [0.29, 0.717) is 23.1 Å². The molecule has 8 nitrogen and oxygen atoms in total. The van der Waals surface area contributed by atoms with Crippen molar-refractivity contribution in [2.75, 3.05) is 5.75 Å². The van der Waals surface area contributed by atoms with Crippen LogP contribution >= 0.6 is 0 Å². The highest BCUT2D eigenvalue weighted by atomic mass is 32.2. The molecule has 1 amide bonds. The van der Waals surface area contributed by atoms with Gasteiger partial charge in [0.1, 0.15) is 0 Å². The molecule has 2 heterocycles. The van der Waals surface area contributed by atoms with Gasteiger partial charge in [0.25, 0.3) is 11.5 Å². The molecule has 0 spiro atoms. The molecule has 0 saturated heterocycles. The fourth-order valence-electron chi connectivity index (χ4n) is 3.48. The number of nitrogens with zero attached hydrogens (tertiary/aromatic N) is 2. The number of hydrogen-bond acceptors (Lipinski definition) is 5. The zero-order valence-corrected chi connectivity index (χ0v) is 17.7. The minimum atomic E-state index is -3.54. The monoisotopic (exact) mass is 416 g/mol. The van der Waals surface area contributed by atoms with E-state index in [0.717, 1.165) is 11.1 Å². The molecule has 2 N–H and O–H groups in total. The van der Waals surface area contributed by atoms with Gasteiger partial charge in [0.05, 0.1) is 21.6 Å². The van der Waals surface area contributed by atoms with Crippen LogP contribution in [-0.4, -0.2) is 34.8 Å². The molecule has 0 bridgehead atoms. The first-order valence-corrected chi connectivity index (χ1v) is 11.0. The summed E-state index contributed by atoms with van der Waals surface area (Å²) in [5, 5.41) is 5.94. The number of aryl methyl sites for hydroxylation is 3. The number of hydrogen-bond donors (Lipinski definition) is 2. The number of H-pyrrole nitrogens is 1. The van der Waals surface area contributed by atoms with Crippen molar-refractivity contribution in [1.82, 2.24) is 20.1 Å². The molecule has 2 aromatic heterocycles. The van der Waals surface area contributed by atoms with Gasteiger partial charge in [-0.25, -0.2) is 13.4 Å². The number of rotatable bonds is 6. The minimum absolute atomic E-state index is 0.0210. The lowest BCUT2D eigenvalue weighted by molar-refractivity contribution is 0.0947. The molecule has 0 saturated carbocycles. The Morgan fingerprint density at radius 1 is 1.24 bits per heavy atom. The zero-order valence-electron chi connectivity index (χ0n) is 16.9. The molecule has 3 aromatic rings. The Hall–Kier alpha value is -2.94. The molecular formula is C20H24N4O4S. The second-order valence-electron chi connectivity index (χ2n) is 7.00. The highest BCUT2D eigenvalue weighted by Crippen LogP contribution is 2.21. The summed E-state index contributed by atoms with van der Waals surface area (Å²) >= 11 is 0. The van der Waals surface area contributed by atoms with Gasteiger partial charge in [-0.2, -0.15) is 0 Å². The van der Waals surface area contributed by atoms with Crippen molar-refractivity contribution < 1.29 is 13.2 Å². The maximum Gasteiger partial charge on any atom is 0.273 e. The molecule has 29 heavy (non-hydrogen) atoms. The molecule has 154 valence electrons. The maximum atomic E-state index is 12.8. The van der Waals surface area contributed by atoms with Crippen LogP contribution in [-0.2, 0) is 23.4 Å². The van der Waals surface area contributed by atoms with Crippen molar-refractivity contribution in [3.8, 4) is 0 Å². The Kier molecular flexibility index (Phi) is 5.61. The van der Waals surface area contributed by atoms with Gasteiger partial charge in [0.15, 0.2) is 15.5 Å². The van der Waals surface area contributed by atoms with E-state index in [4.69, 9.17) is 0 Å². The number of aromatic amines is 1. The number of aromatic nitrogens is 3. The Morgan fingerprint density at radius 3 is 2.62 bits per heavy atom. The van der Waals surface area contributed by atoms with Crippen molar-refractivity contribution in [3.63, 3.8) is 0 Å². The number of amides is 1. The largest absolute Gasteiger partial charge is 0.348 e. The van der Waals surface area contributed by atoms with Crippen LogP contribution in [0.3, 0.4) is 0 Å². The topological polar surface area (TPSA) is 114 Å². The standard InChI is InChI=1S/C20H24N4O4S/c1-5-10-29(27,28)16-9-7-6-8-14(16)19(25)21-11-15-12(2)17-18(22-13(15)3)24(4)23-20(17)26/h6-9H,5,10-11H2,1-4H3,(H,21,25)(H,23,26). The molecule has 0 aliphatic heterocycles. The summed E-state index contributed by atoms with van der Waals surface area (Å²) in [6, 6.07) is 6.19. The number of benzene rings is 1. The van der Waals surface area contributed by atoms with Gasteiger partial charge in [-0.1, -0.05) is 19.1 Å². The maximum absolute atomic E-state index is 12.8. The van der Waals surface area contributed by atoms with Crippen LogP contribution in [0.2, 0.25) is 0 Å². The SMILES string of the molecule is CCCS(=O)(=O)c1ccccc1C(=O)NCc1c(C)nc2c(c1C)c(=O)[nH]n2C. The van der Waals surface area contributed by atoms with Crippen LogP contribution in [0, 0.1) is 13.8 Å². The summed E-state index contributed by atoms with van der Waals surface area (Å²) in [5.41, 5.74) is 2.59. The quantitative estimate of drug-likeness (QED) is 0.638. The molecule has 1 aromatic carbocycles. The normalized spacial score (nSPS) is 11.7. The lowest BCUT2D eigenvalue weighted by atomic mass is 10.0. The first kappa shape index (κ1) is 20.8. The van der Waals surface area contributed by atoms with Crippen molar-refractivity contribution in [2.24, 2.45) is 7.05 Å². The molecule has 0 aliphatic rings. The van der Waals surface area contributed by atoms with Gasteiger partial charge in [0, 0.05) is 19.3 Å². The summed E-state index contributed by atoms with van der Waals surface area (Å²) in [6.07, 6.45) is 0.466. The van der Waals surface area contributed by atoms with Gasteiger partial charge in [0.2, 0.25) is 0 Å². The number of carbonyl (C=O) groups excluding carboxylic acids is 1. The molecule has 0 fully saturated rings. The Morgan fingerprint density at radius 2 is 1.93 bits per heavy atom. The second-order valence-corrected chi connectivity index (χ2v) is 9.07. The highest BCUT2D eigenvalue weighted by Gasteiger charge is 2.22. The molecule has 9 heteroatoms. The number of sulfone groups is 1. The molecule has 0 atom stereocenters. The summed E-state index contributed by atoms with van der Waals surface area (Å²) in [6.45, 7) is 5.54. The van der Waals surface area contributed by atoms with E-state index in [1.807, 2.05) is 13.8 Å². The van der Waals surface area contributed by atoms with Crippen LogP contribution in [0.5, 0.6) is 0 Å². The first-order chi connectivity index (χ1) is 13.7. The molecule has 0 aliphatic carbocycles. The number of carbonyl (C=O) groups is 1.